The van der Waals surface area contributed by atoms with E-state index in [1.165, 1.54) is 30.2 Å². The van der Waals surface area contributed by atoms with Crippen molar-refractivity contribution >= 4 is 63.2 Å². The Kier molecular flexibility index (Phi) is 9.91. The van der Waals surface area contributed by atoms with Crippen LogP contribution in [0.4, 0.5) is 5.00 Å². The number of methoxy groups -OCH3 is 1. The lowest BCUT2D eigenvalue weighted by Gasteiger charge is -2.11. The topological polar surface area (TPSA) is 95.3 Å². The van der Waals surface area contributed by atoms with Gasteiger partial charge in [-0.1, -0.05) is 64.8 Å². The average Bonchev–Trinajstić information content (AvgIpc) is 3.52. The van der Waals surface area contributed by atoms with Gasteiger partial charge in [0.25, 0.3) is 0 Å². The molecule has 0 bridgehead atoms. The first-order valence-electron chi connectivity index (χ1n) is 12.0. The molecule has 8 nitrogen and oxygen atoms in total. The molecule has 40 heavy (non-hydrogen) atoms. The summed E-state index contributed by atoms with van der Waals surface area (Å²) in [5, 5.41) is 15.0. The number of nitrogens with one attached hydrogen (secondary N) is 1. The first kappa shape index (κ1) is 29.7. The van der Waals surface area contributed by atoms with Gasteiger partial charge in [0.1, 0.15) is 22.9 Å². The van der Waals surface area contributed by atoms with Crippen LogP contribution in [-0.4, -0.2) is 39.5 Å². The molecule has 2 aromatic heterocycles. The zero-order valence-corrected chi connectivity index (χ0v) is 25.1. The van der Waals surface area contributed by atoms with Gasteiger partial charge in [-0.25, -0.2) is 4.79 Å². The summed E-state index contributed by atoms with van der Waals surface area (Å²) in [4.78, 5) is 25.7. The molecule has 4 aromatic rings. The van der Waals surface area contributed by atoms with Crippen LogP contribution in [0.3, 0.4) is 0 Å². The first-order chi connectivity index (χ1) is 19.2. The molecule has 0 aliphatic carbocycles. The lowest BCUT2D eigenvalue weighted by Crippen LogP contribution is -2.16. The summed E-state index contributed by atoms with van der Waals surface area (Å²) in [6, 6.07) is 11.0. The fraction of sp³-hybridized carbons (Fsp3) is 0.214. The van der Waals surface area contributed by atoms with Gasteiger partial charge in [0.2, 0.25) is 5.91 Å². The summed E-state index contributed by atoms with van der Waals surface area (Å²) >= 11 is 14.7. The number of ether oxygens (including phenoxy) is 2. The fourth-order valence-electron chi connectivity index (χ4n) is 3.85. The molecule has 2 aromatic carbocycles. The number of thioether (sulfide) groups is 1. The van der Waals surface area contributed by atoms with Crippen LogP contribution in [0.15, 0.2) is 59.6 Å². The third-order valence-electron chi connectivity index (χ3n) is 5.80. The van der Waals surface area contributed by atoms with Gasteiger partial charge in [-0.15, -0.1) is 28.1 Å². The van der Waals surface area contributed by atoms with Crippen LogP contribution >= 0.6 is 46.3 Å². The number of anilines is 1. The van der Waals surface area contributed by atoms with Gasteiger partial charge in [0, 0.05) is 28.6 Å². The van der Waals surface area contributed by atoms with Gasteiger partial charge in [-0.3, -0.25) is 9.36 Å². The van der Waals surface area contributed by atoms with Gasteiger partial charge in [0.05, 0.1) is 17.9 Å². The molecule has 1 N–H and O–H groups in total. The smallest absolute Gasteiger partial charge is 0.341 e. The molecule has 1 amide bonds. The van der Waals surface area contributed by atoms with Gasteiger partial charge in [0.15, 0.2) is 11.0 Å². The highest BCUT2D eigenvalue weighted by Crippen LogP contribution is 2.38. The highest BCUT2D eigenvalue weighted by molar-refractivity contribution is 7.99. The zero-order valence-electron chi connectivity index (χ0n) is 22.0. The van der Waals surface area contributed by atoms with E-state index in [4.69, 9.17) is 32.7 Å². The Morgan fingerprint density at radius 2 is 1.95 bits per heavy atom. The maximum absolute atomic E-state index is 13.0. The number of hydrogen-bond donors (Lipinski definition) is 1. The minimum atomic E-state index is -0.518. The second-order valence-corrected chi connectivity index (χ2v) is 11.3. The minimum Gasteiger partial charge on any atom is -0.484 e. The van der Waals surface area contributed by atoms with Crippen molar-refractivity contribution < 1.29 is 19.1 Å². The molecule has 0 unspecified atom stereocenters. The van der Waals surface area contributed by atoms with Crippen molar-refractivity contribution in [2.45, 2.75) is 32.2 Å². The van der Waals surface area contributed by atoms with E-state index in [1.54, 1.807) is 28.8 Å². The van der Waals surface area contributed by atoms with Crippen molar-refractivity contribution in [3.05, 3.63) is 87.0 Å². The Morgan fingerprint density at radius 1 is 1.15 bits per heavy atom. The molecule has 208 valence electrons. The molecule has 0 saturated heterocycles. The minimum absolute atomic E-state index is 0.0353. The van der Waals surface area contributed by atoms with Crippen LogP contribution in [0.25, 0.3) is 11.1 Å². The van der Waals surface area contributed by atoms with Gasteiger partial charge in [-0.2, -0.15) is 0 Å². The highest BCUT2D eigenvalue weighted by Gasteiger charge is 2.24. The van der Waals surface area contributed by atoms with Crippen LogP contribution < -0.4 is 10.1 Å². The third kappa shape index (κ3) is 6.87. The third-order valence-corrected chi connectivity index (χ3v) is 8.21. The SMILES string of the molecule is C=CCn1c(COc2cc(Cl)ccc2Cl)nnc1SCC(=O)Nc1scc(-c2cc(C)ccc2C)c1C(=O)OC. The lowest BCUT2D eigenvalue weighted by molar-refractivity contribution is -0.113. The number of aryl methyl sites for hydroxylation is 2. The number of nitrogens with zero attached hydrogens (tertiary/aromatic N) is 3. The van der Waals surface area contributed by atoms with E-state index >= 15 is 0 Å². The number of carbonyl (C=O) groups is 2. The molecule has 0 fully saturated rings. The predicted molar refractivity (Wildman–Crippen MR) is 161 cm³/mol. The molecule has 0 radical (unpaired) electrons. The van der Waals surface area contributed by atoms with Crippen molar-refractivity contribution in [2.24, 2.45) is 0 Å². The quantitative estimate of drug-likeness (QED) is 0.108. The number of rotatable bonds is 11. The summed E-state index contributed by atoms with van der Waals surface area (Å²) in [6.07, 6.45) is 1.70. The molecule has 0 saturated carbocycles. The first-order valence-corrected chi connectivity index (χ1v) is 14.6. The maximum atomic E-state index is 13.0. The van der Waals surface area contributed by atoms with Crippen LogP contribution in [0.2, 0.25) is 10.0 Å². The Balaban J connectivity index is 1.48. The molecule has 12 heteroatoms. The van der Waals surface area contributed by atoms with Crippen molar-refractivity contribution in [1.29, 1.82) is 0 Å². The summed E-state index contributed by atoms with van der Waals surface area (Å²) in [6.45, 7) is 8.27. The second-order valence-electron chi connectivity index (χ2n) is 8.66. The number of amides is 1. The molecule has 0 aliphatic heterocycles. The van der Waals surface area contributed by atoms with Crippen LogP contribution in [0.5, 0.6) is 5.75 Å². The predicted octanol–water partition coefficient (Wildman–Crippen LogP) is 7.21. The average molecular weight is 618 g/mol. The Labute approximate surface area is 250 Å². The monoisotopic (exact) mass is 616 g/mol. The summed E-state index contributed by atoms with van der Waals surface area (Å²) in [5.41, 5.74) is 4.04. The summed E-state index contributed by atoms with van der Waals surface area (Å²) in [7, 11) is 1.32. The number of hydrogen-bond acceptors (Lipinski definition) is 8. The zero-order chi connectivity index (χ0) is 28.8. The standard InChI is InChI=1S/C28H26Cl2N4O4S2/c1-5-10-34-23(13-38-22-12-18(29)8-9-21(22)30)32-33-28(34)40-15-24(35)31-26-25(27(36)37-4)20(14-39-26)19-11-16(2)6-7-17(19)3/h5-9,11-12,14H,1,10,13,15H2,2-4H3,(H,31,35). The number of halogens is 2. The second kappa shape index (κ2) is 13.4. The van der Waals surface area contributed by atoms with Crippen molar-refractivity contribution in [3.63, 3.8) is 0 Å². The lowest BCUT2D eigenvalue weighted by atomic mass is 9.97. The van der Waals surface area contributed by atoms with Crippen LogP contribution in [-0.2, 0) is 22.7 Å². The number of carbonyl (C=O) groups excluding carboxylic acids is 2. The molecule has 0 aliphatic rings. The van der Waals surface area contributed by atoms with E-state index in [2.05, 4.69) is 22.1 Å². The Bertz CT molecular complexity index is 1570. The van der Waals surface area contributed by atoms with E-state index in [0.29, 0.717) is 43.9 Å². The van der Waals surface area contributed by atoms with E-state index in [1.807, 2.05) is 37.4 Å². The molecule has 4 rings (SSSR count). The molecule has 0 atom stereocenters. The maximum Gasteiger partial charge on any atom is 0.341 e. The van der Waals surface area contributed by atoms with E-state index in [9.17, 15) is 9.59 Å². The number of thiophene rings is 1. The van der Waals surface area contributed by atoms with Crippen molar-refractivity contribution in [3.8, 4) is 16.9 Å². The number of allylic oxidation sites excluding steroid dienone is 1. The number of esters is 1. The highest BCUT2D eigenvalue weighted by atomic mass is 35.5. The van der Waals surface area contributed by atoms with E-state index in [-0.39, 0.29) is 18.3 Å². The summed E-state index contributed by atoms with van der Waals surface area (Å²) < 4.78 is 12.6. The summed E-state index contributed by atoms with van der Waals surface area (Å²) in [5.74, 6) is 0.168. The molecular formula is C28H26Cl2N4O4S2. The van der Waals surface area contributed by atoms with Crippen molar-refractivity contribution in [2.75, 3.05) is 18.2 Å². The van der Waals surface area contributed by atoms with Crippen molar-refractivity contribution in [1.82, 2.24) is 14.8 Å². The molecule has 0 spiro atoms. The van der Waals surface area contributed by atoms with Crippen LogP contribution in [0, 0.1) is 13.8 Å². The van der Waals surface area contributed by atoms with Gasteiger partial charge >= 0.3 is 5.97 Å². The molecule has 2 heterocycles. The molecular weight excluding hydrogens is 591 g/mol. The number of aromatic nitrogens is 3. The largest absolute Gasteiger partial charge is 0.484 e. The Hall–Kier alpha value is -3.31. The van der Waals surface area contributed by atoms with Gasteiger partial charge in [-0.05, 0) is 37.1 Å². The Morgan fingerprint density at radius 3 is 2.70 bits per heavy atom. The van der Waals surface area contributed by atoms with E-state index < -0.39 is 5.97 Å². The number of benzene rings is 2. The van der Waals surface area contributed by atoms with E-state index in [0.717, 1.165) is 22.3 Å². The van der Waals surface area contributed by atoms with Crippen LogP contribution in [0.1, 0.15) is 27.3 Å². The normalized spacial score (nSPS) is 10.8. The fourth-order valence-corrected chi connectivity index (χ4v) is 5.91. The van der Waals surface area contributed by atoms with Gasteiger partial charge < -0.3 is 14.8 Å².